The van der Waals surface area contributed by atoms with Crippen molar-refractivity contribution >= 4 is 6.03 Å². The van der Waals surface area contributed by atoms with Gasteiger partial charge >= 0.3 is 6.03 Å². The summed E-state index contributed by atoms with van der Waals surface area (Å²) in [4.78, 5) is 11.8. The smallest absolute Gasteiger partial charge is 0.323 e. The number of hydrogen-bond acceptors (Lipinski definition) is 4. The molecule has 2 amide bonds. The third kappa shape index (κ3) is 3.76. The molecule has 0 saturated carbocycles. The van der Waals surface area contributed by atoms with Crippen LogP contribution in [-0.2, 0) is 0 Å². The average molecular weight is 164 g/mol. The van der Waals surface area contributed by atoms with Crippen molar-refractivity contribution in [3.8, 4) is 0 Å². The minimum atomic E-state index is -1.89. The Morgan fingerprint density at radius 2 is 2.18 bits per heavy atom. The first-order chi connectivity index (χ1) is 5.11. The molecule has 6 heteroatoms. The molecule has 0 radical (unpaired) electrons. The van der Waals surface area contributed by atoms with Crippen molar-refractivity contribution in [1.82, 2.24) is 10.2 Å². The van der Waals surface area contributed by atoms with Gasteiger partial charge in [0.25, 0.3) is 0 Å². The summed E-state index contributed by atoms with van der Waals surface area (Å²) >= 11 is 0. The number of nitrogens with one attached hydrogen (secondary N) is 1. The fourth-order valence-corrected chi connectivity index (χ4v) is 0.510. The second-order valence-corrected chi connectivity index (χ2v) is 1.82. The van der Waals surface area contributed by atoms with Crippen molar-refractivity contribution in [2.24, 2.45) is 0 Å². The van der Waals surface area contributed by atoms with Crippen LogP contribution >= 0.6 is 0 Å². The molecule has 0 rings (SSSR count). The molecule has 0 saturated heterocycles. The fraction of sp³-hybridized carbons (Fsp3) is 0.800. The lowest BCUT2D eigenvalue weighted by Crippen LogP contribution is -2.45. The first kappa shape index (κ1) is 10.2. The Kier molecular flexibility index (Phi) is 4.51. The Hall–Kier alpha value is -0.850. The van der Waals surface area contributed by atoms with Gasteiger partial charge in [0.15, 0.2) is 0 Å². The van der Waals surface area contributed by atoms with Crippen LogP contribution in [0.3, 0.4) is 0 Å². The van der Waals surface area contributed by atoms with Crippen molar-refractivity contribution < 1.29 is 20.1 Å². The molecule has 0 aliphatic rings. The predicted molar refractivity (Wildman–Crippen MR) is 36.2 cm³/mol. The standard InChI is InChI=1S/C5H12N2O4/c1-2-7(3-8)4(9)6-5(10)11/h5,8,10-11H,2-3H2,1H3,(H,6,9). The highest BCUT2D eigenvalue weighted by molar-refractivity contribution is 5.73. The number of rotatable bonds is 3. The van der Waals surface area contributed by atoms with Gasteiger partial charge in [0.1, 0.15) is 6.73 Å². The minimum Gasteiger partial charge on any atom is -0.376 e. The van der Waals surface area contributed by atoms with Crippen molar-refractivity contribution in [3.05, 3.63) is 0 Å². The van der Waals surface area contributed by atoms with Gasteiger partial charge in [0, 0.05) is 6.54 Å². The second-order valence-electron chi connectivity index (χ2n) is 1.82. The zero-order valence-corrected chi connectivity index (χ0v) is 6.19. The molecule has 0 aliphatic heterocycles. The Bertz CT molecular complexity index is 124. The van der Waals surface area contributed by atoms with E-state index in [1.807, 2.05) is 0 Å². The van der Waals surface area contributed by atoms with Gasteiger partial charge in [-0.3, -0.25) is 5.32 Å². The number of aliphatic hydroxyl groups is 3. The number of amides is 2. The van der Waals surface area contributed by atoms with Gasteiger partial charge in [-0.05, 0) is 6.92 Å². The lowest BCUT2D eigenvalue weighted by atomic mass is 10.6. The maximum absolute atomic E-state index is 10.8. The van der Waals surface area contributed by atoms with E-state index in [0.717, 1.165) is 4.90 Å². The van der Waals surface area contributed by atoms with Gasteiger partial charge in [0.05, 0.1) is 0 Å². The summed E-state index contributed by atoms with van der Waals surface area (Å²) in [5.41, 5.74) is 0. The first-order valence-corrected chi connectivity index (χ1v) is 3.14. The third-order valence-electron chi connectivity index (χ3n) is 1.09. The van der Waals surface area contributed by atoms with E-state index in [1.165, 1.54) is 0 Å². The zero-order chi connectivity index (χ0) is 8.85. The molecule has 6 nitrogen and oxygen atoms in total. The Morgan fingerprint density at radius 3 is 2.45 bits per heavy atom. The maximum Gasteiger partial charge on any atom is 0.323 e. The minimum absolute atomic E-state index is 0.301. The van der Waals surface area contributed by atoms with Crippen LogP contribution in [0.4, 0.5) is 4.79 Å². The van der Waals surface area contributed by atoms with E-state index in [0.29, 0.717) is 6.54 Å². The molecule has 0 unspecified atom stereocenters. The zero-order valence-electron chi connectivity index (χ0n) is 6.19. The quantitative estimate of drug-likeness (QED) is 0.372. The van der Waals surface area contributed by atoms with E-state index >= 15 is 0 Å². The maximum atomic E-state index is 10.8. The summed E-state index contributed by atoms with van der Waals surface area (Å²) in [6.45, 7) is 1.50. The summed E-state index contributed by atoms with van der Waals surface area (Å²) in [6.07, 6.45) is -1.89. The van der Waals surface area contributed by atoms with Gasteiger partial charge in [-0.15, -0.1) is 0 Å². The molecule has 0 aromatic carbocycles. The lowest BCUT2D eigenvalue weighted by molar-refractivity contribution is -0.0594. The number of carbonyl (C=O) groups is 1. The van der Waals surface area contributed by atoms with Crippen LogP contribution in [0.1, 0.15) is 6.92 Å². The first-order valence-electron chi connectivity index (χ1n) is 3.14. The van der Waals surface area contributed by atoms with E-state index in [-0.39, 0.29) is 0 Å². The van der Waals surface area contributed by atoms with Gasteiger partial charge in [-0.1, -0.05) is 0 Å². The van der Waals surface area contributed by atoms with Crippen molar-refractivity contribution in [1.29, 1.82) is 0 Å². The summed E-state index contributed by atoms with van der Waals surface area (Å²) in [7, 11) is 0. The summed E-state index contributed by atoms with van der Waals surface area (Å²) in [5.74, 6) is 0. The normalized spacial score (nSPS) is 9.91. The van der Waals surface area contributed by atoms with Crippen LogP contribution < -0.4 is 5.32 Å². The molecule has 0 bridgehead atoms. The molecule has 0 fully saturated rings. The third-order valence-corrected chi connectivity index (χ3v) is 1.09. The fourth-order valence-electron chi connectivity index (χ4n) is 0.510. The Morgan fingerprint density at radius 1 is 1.64 bits per heavy atom. The number of nitrogens with zero attached hydrogens (tertiary/aromatic N) is 1. The second kappa shape index (κ2) is 4.89. The van der Waals surface area contributed by atoms with Crippen LogP contribution in [0.15, 0.2) is 0 Å². The predicted octanol–water partition coefficient (Wildman–Crippen LogP) is -1.76. The average Bonchev–Trinajstić information content (AvgIpc) is 1.88. The highest BCUT2D eigenvalue weighted by atomic mass is 16.5. The molecule has 11 heavy (non-hydrogen) atoms. The van der Waals surface area contributed by atoms with Gasteiger partial charge < -0.3 is 20.2 Å². The molecular weight excluding hydrogens is 152 g/mol. The largest absolute Gasteiger partial charge is 0.376 e. The van der Waals surface area contributed by atoms with Crippen molar-refractivity contribution in [2.45, 2.75) is 13.3 Å². The van der Waals surface area contributed by atoms with E-state index < -0.39 is 19.2 Å². The van der Waals surface area contributed by atoms with Crippen LogP contribution in [0.5, 0.6) is 0 Å². The van der Waals surface area contributed by atoms with E-state index in [4.69, 9.17) is 15.3 Å². The molecule has 0 aromatic heterocycles. The van der Waals surface area contributed by atoms with Crippen LogP contribution in [0.25, 0.3) is 0 Å². The number of hydrogen-bond donors (Lipinski definition) is 4. The SMILES string of the molecule is CCN(CO)C(=O)NC(O)O. The Balaban J connectivity index is 3.79. The van der Waals surface area contributed by atoms with Gasteiger partial charge in [-0.25, -0.2) is 4.79 Å². The number of carbonyl (C=O) groups excluding carboxylic acids is 1. The highest BCUT2D eigenvalue weighted by Gasteiger charge is 2.11. The van der Waals surface area contributed by atoms with Crippen LogP contribution in [0.2, 0.25) is 0 Å². The number of aliphatic hydroxyl groups excluding tert-OH is 2. The topological polar surface area (TPSA) is 93.0 Å². The van der Waals surface area contributed by atoms with Gasteiger partial charge in [0.2, 0.25) is 6.41 Å². The molecule has 0 aliphatic carbocycles. The van der Waals surface area contributed by atoms with Crippen LogP contribution in [0, 0.1) is 0 Å². The van der Waals surface area contributed by atoms with E-state index in [1.54, 1.807) is 12.2 Å². The molecule has 0 aromatic rings. The highest BCUT2D eigenvalue weighted by Crippen LogP contribution is 1.86. The molecule has 66 valence electrons. The van der Waals surface area contributed by atoms with Crippen molar-refractivity contribution in [2.75, 3.05) is 13.3 Å². The molecule has 0 spiro atoms. The van der Waals surface area contributed by atoms with Gasteiger partial charge in [-0.2, -0.15) is 0 Å². The number of urea groups is 1. The molecule has 0 heterocycles. The van der Waals surface area contributed by atoms with E-state index in [2.05, 4.69) is 0 Å². The summed E-state index contributed by atoms with van der Waals surface area (Å²) in [5, 5.41) is 26.8. The van der Waals surface area contributed by atoms with Crippen LogP contribution in [-0.4, -0.2) is 45.9 Å². The summed E-state index contributed by atoms with van der Waals surface area (Å²) in [6, 6.07) is -0.718. The molecule has 4 N–H and O–H groups in total. The molecular formula is C5H12N2O4. The van der Waals surface area contributed by atoms with E-state index in [9.17, 15) is 4.79 Å². The molecule has 0 atom stereocenters. The Labute approximate surface area is 64.1 Å². The lowest BCUT2D eigenvalue weighted by Gasteiger charge is -2.18. The monoisotopic (exact) mass is 164 g/mol. The summed E-state index contributed by atoms with van der Waals surface area (Å²) < 4.78 is 0. The van der Waals surface area contributed by atoms with Crippen molar-refractivity contribution in [3.63, 3.8) is 0 Å².